The summed E-state index contributed by atoms with van der Waals surface area (Å²) in [5.41, 5.74) is 0. The number of amides is 1. The van der Waals surface area contributed by atoms with Crippen molar-refractivity contribution in [3.8, 4) is 0 Å². The molecule has 0 bridgehead atoms. The molecule has 0 aromatic carbocycles. The van der Waals surface area contributed by atoms with Crippen LogP contribution >= 0.6 is 0 Å². The summed E-state index contributed by atoms with van der Waals surface area (Å²) in [5.74, 6) is 1.73. The number of likely N-dealkylation sites (tertiary alicyclic amines) is 3. The van der Waals surface area contributed by atoms with Crippen molar-refractivity contribution >= 4 is 5.91 Å². The fraction of sp³-hybridized carbons (Fsp3) is 0.750. The molecule has 1 aromatic heterocycles. The average molecular weight is 345 g/mol. The van der Waals surface area contributed by atoms with Gasteiger partial charge in [-0.05, 0) is 57.2 Å². The quantitative estimate of drug-likeness (QED) is 0.841. The first-order valence-electron chi connectivity index (χ1n) is 10.1. The highest BCUT2D eigenvalue weighted by molar-refractivity contribution is 5.79. The fourth-order valence-corrected chi connectivity index (χ4v) is 4.80. The van der Waals surface area contributed by atoms with Gasteiger partial charge in [-0.3, -0.25) is 14.6 Å². The Hall–Kier alpha value is -1.33. The zero-order chi connectivity index (χ0) is 17.1. The molecule has 4 heterocycles. The largest absolute Gasteiger partial charge is 0.468 e. The number of hydrogen-bond donors (Lipinski definition) is 0. The van der Waals surface area contributed by atoms with E-state index in [1.54, 1.807) is 6.26 Å². The third kappa shape index (κ3) is 4.09. The van der Waals surface area contributed by atoms with Crippen LogP contribution in [0.15, 0.2) is 22.8 Å². The topological polar surface area (TPSA) is 39.9 Å². The second kappa shape index (κ2) is 7.92. The van der Waals surface area contributed by atoms with Gasteiger partial charge in [0.05, 0.1) is 18.7 Å². The SMILES string of the molecule is O=C(C1CCCN(C2CCN(Cc3ccco3)CC2)C1)N1CCCC1. The van der Waals surface area contributed by atoms with Crippen LogP contribution in [0, 0.1) is 5.92 Å². The van der Waals surface area contributed by atoms with Crippen LogP contribution in [0.25, 0.3) is 0 Å². The smallest absolute Gasteiger partial charge is 0.226 e. The molecule has 0 aliphatic carbocycles. The van der Waals surface area contributed by atoms with Gasteiger partial charge >= 0.3 is 0 Å². The molecule has 3 saturated heterocycles. The number of rotatable bonds is 4. The lowest BCUT2D eigenvalue weighted by molar-refractivity contribution is -0.136. The maximum atomic E-state index is 12.7. The van der Waals surface area contributed by atoms with Crippen LogP contribution in [0.3, 0.4) is 0 Å². The Morgan fingerprint density at radius 3 is 2.56 bits per heavy atom. The van der Waals surface area contributed by atoms with Gasteiger partial charge in [-0.15, -0.1) is 0 Å². The molecule has 5 heteroatoms. The van der Waals surface area contributed by atoms with Gasteiger partial charge in [0.25, 0.3) is 0 Å². The van der Waals surface area contributed by atoms with Gasteiger partial charge in [0.15, 0.2) is 0 Å². The highest BCUT2D eigenvalue weighted by Gasteiger charge is 2.34. The number of piperidine rings is 2. The standard InChI is InChI=1S/C20H31N3O2/c24-20(22-9-1-2-10-22)17-5-3-11-23(15-17)18-7-12-21(13-8-18)16-19-6-4-14-25-19/h4,6,14,17-18H,1-3,5,7-13,15-16H2. The predicted octanol–water partition coefficient (Wildman–Crippen LogP) is 2.58. The minimum Gasteiger partial charge on any atom is -0.468 e. The Labute approximate surface area is 150 Å². The minimum absolute atomic E-state index is 0.244. The first kappa shape index (κ1) is 17.1. The fourth-order valence-electron chi connectivity index (χ4n) is 4.80. The lowest BCUT2D eigenvalue weighted by atomic mass is 9.93. The zero-order valence-electron chi connectivity index (χ0n) is 15.2. The molecular weight excluding hydrogens is 314 g/mol. The maximum absolute atomic E-state index is 12.7. The molecule has 0 spiro atoms. The molecule has 3 aliphatic heterocycles. The van der Waals surface area contributed by atoms with Crippen LogP contribution in [0.2, 0.25) is 0 Å². The Kier molecular flexibility index (Phi) is 5.42. The lowest BCUT2D eigenvalue weighted by Gasteiger charge is -2.42. The van der Waals surface area contributed by atoms with Crippen molar-refractivity contribution in [1.29, 1.82) is 0 Å². The molecule has 3 aliphatic rings. The lowest BCUT2D eigenvalue weighted by Crippen LogP contribution is -2.50. The summed E-state index contributed by atoms with van der Waals surface area (Å²) < 4.78 is 5.47. The van der Waals surface area contributed by atoms with Crippen LogP contribution in [0.1, 0.15) is 44.3 Å². The van der Waals surface area contributed by atoms with Crippen LogP contribution < -0.4 is 0 Å². The number of carbonyl (C=O) groups is 1. The van der Waals surface area contributed by atoms with E-state index in [0.29, 0.717) is 11.9 Å². The van der Waals surface area contributed by atoms with E-state index in [2.05, 4.69) is 20.8 Å². The Bertz CT molecular complexity index is 545. The number of furan rings is 1. The van der Waals surface area contributed by atoms with E-state index < -0.39 is 0 Å². The summed E-state index contributed by atoms with van der Waals surface area (Å²) in [7, 11) is 0. The third-order valence-electron chi connectivity index (χ3n) is 6.25. The molecule has 5 nitrogen and oxygen atoms in total. The van der Waals surface area contributed by atoms with E-state index in [9.17, 15) is 4.79 Å². The van der Waals surface area contributed by atoms with Crippen LogP contribution in [0.4, 0.5) is 0 Å². The van der Waals surface area contributed by atoms with Crippen LogP contribution in [-0.2, 0) is 11.3 Å². The van der Waals surface area contributed by atoms with Crippen molar-refractivity contribution in [2.45, 2.75) is 51.1 Å². The van der Waals surface area contributed by atoms with Crippen molar-refractivity contribution in [1.82, 2.24) is 14.7 Å². The molecule has 0 radical (unpaired) electrons. The van der Waals surface area contributed by atoms with E-state index in [0.717, 1.165) is 51.4 Å². The number of nitrogens with zero attached hydrogens (tertiary/aromatic N) is 3. The average Bonchev–Trinajstić information content (AvgIpc) is 3.36. The highest BCUT2D eigenvalue weighted by atomic mass is 16.3. The second-order valence-electron chi connectivity index (χ2n) is 7.95. The van der Waals surface area contributed by atoms with Crippen molar-refractivity contribution < 1.29 is 9.21 Å². The van der Waals surface area contributed by atoms with Gasteiger partial charge in [-0.25, -0.2) is 0 Å². The molecule has 4 rings (SSSR count). The van der Waals surface area contributed by atoms with Crippen LogP contribution in [-0.4, -0.2) is 65.9 Å². The van der Waals surface area contributed by atoms with E-state index in [1.165, 1.54) is 38.6 Å². The number of hydrogen-bond acceptors (Lipinski definition) is 4. The highest BCUT2D eigenvalue weighted by Crippen LogP contribution is 2.26. The van der Waals surface area contributed by atoms with Gasteiger partial charge in [-0.2, -0.15) is 0 Å². The molecule has 3 fully saturated rings. The first-order chi connectivity index (χ1) is 12.3. The molecule has 25 heavy (non-hydrogen) atoms. The summed E-state index contributed by atoms with van der Waals surface area (Å²) in [6.07, 6.45) is 8.83. The van der Waals surface area contributed by atoms with Gasteiger partial charge in [0.2, 0.25) is 5.91 Å². The van der Waals surface area contributed by atoms with Crippen molar-refractivity contribution in [2.24, 2.45) is 5.92 Å². The number of carbonyl (C=O) groups excluding carboxylic acids is 1. The first-order valence-corrected chi connectivity index (χ1v) is 10.1. The van der Waals surface area contributed by atoms with Gasteiger partial charge in [-0.1, -0.05) is 0 Å². The zero-order valence-corrected chi connectivity index (χ0v) is 15.2. The third-order valence-corrected chi connectivity index (χ3v) is 6.25. The molecule has 1 unspecified atom stereocenters. The molecule has 0 saturated carbocycles. The van der Waals surface area contributed by atoms with Gasteiger partial charge < -0.3 is 9.32 Å². The van der Waals surface area contributed by atoms with Crippen LogP contribution in [0.5, 0.6) is 0 Å². The van der Waals surface area contributed by atoms with Crippen molar-refractivity contribution in [3.63, 3.8) is 0 Å². The maximum Gasteiger partial charge on any atom is 0.226 e. The summed E-state index contributed by atoms with van der Waals surface area (Å²) in [6.45, 7) is 7.32. The van der Waals surface area contributed by atoms with Crippen molar-refractivity contribution in [3.05, 3.63) is 24.2 Å². The molecule has 138 valence electrons. The van der Waals surface area contributed by atoms with E-state index in [-0.39, 0.29) is 5.92 Å². The molecule has 1 amide bonds. The Balaban J connectivity index is 1.26. The normalized spacial score (nSPS) is 27.0. The minimum atomic E-state index is 0.244. The predicted molar refractivity (Wildman–Crippen MR) is 97.1 cm³/mol. The van der Waals surface area contributed by atoms with E-state index >= 15 is 0 Å². The summed E-state index contributed by atoms with van der Waals surface area (Å²) in [6, 6.07) is 4.68. The van der Waals surface area contributed by atoms with E-state index in [1.807, 2.05) is 6.07 Å². The Morgan fingerprint density at radius 2 is 1.84 bits per heavy atom. The van der Waals surface area contributed by atoms with E-state index in [4.69, 9.17) is 4.42 Å². The molecule has 1 atom stereocenters. The van der Waals surface area contributed by atoms with Gasteiger partial charge in [0, 0.05) is 38.8 Å². The summed E-state index contributed by atoms with van der Waals surface area (Å²) in [4.78, 5) is 20.0. The van der Waals surface area contributed by atoms with Gasteiger partial charge in [0.1, 0.15) is 5.76 Å². The van der Waals surface area contributed by atoms with Crippen molar-refractivity contribution in [2.75, 3.05) is 39.3 Å². The second-order valence-corrected chi connectivity index (χ2v) is 7.95. The molecular formula is C20H31N3O2. The monoisotopic (exact) mass is 345 g/mol. The Morgan fingerprint density at radius 1 is 1.04 bits per heavy atom. The summed E-state index contributed by atoms with van der Waals surface area (Å²) in [5, 5.41) is 0. The molecule has 0 N–H and O–H groups in total. The molecule has 1 aromatic rings. The summed E-state index contributed by atoms with van der Waals surface area (Å²) >= 11 is 0.